The summed E-state index contributed by atoms with van der Waals surface area (Å²) in [7, 11) is 0. The Morgan fingerprint density at radius 2 is 2.27 bits per heavy atom. The Morgan fingerprint density at radius 1 is 1.41 bits per heavy atom. The fraction of sp³-hybridized carbons (Fsp3) is 0.250. The number of rotatable bonds is 1. The zero-order chi connectivity index (χ0) is 15.3. The zero-order valence-corrected chi connectivity index (χ0v) is 13.7. The molecule has 1 atom stereocenters. The van der Waals surface area contributed by atoms with E-state index in [2.05, 4.69) is 39.0 Å². The molecule has 1 N–H and O–H groups in total. The van der Waals surface area contributed by atoms with Crippen molar-refractivity contribution < 1.29 is 4.79 Å². The number of H-pyrrole nitrogens is 1. The lowest BCUT2D eigenvalue weighted by Gasteiger charge is -2.33. The molecule has 4 rings (SSSR count). The Labute approximate surface area is 136 Å². The van der Waals surface area contributed by atoms with Crippen LogP contribution in [-0.2, 0) is 6.42 Å². The molecule has 22 heavy (non-hydrogen) atoms. The number of aromatic amines is 1. The molecule has 0 radical (unpaired) electrons. The molecule has 0 saturated heterocycles. The lowest BCUT2D eigenvalue weighted by Crippen LogP contribution is -2.38. The van der Waals surface area contributed by atoms with E-state index in [9.17, 15) is 4.79 Å². The summed E-state index contributed by atoms with van der Waals surface area (Å²) in [5.41, 5.74) is 3.84. The van der Waals surface area contributed by atoms with Gasteiger partial charge in [0.25, 0.3) is 5.91 Å². The number of nitrogens with one attached hydrogen (secondary N) is 1. The largest absolute Gasteiger partial charge is 0.365 e. The molecule has 4 heterocycles. The van der Waals surface area contributed by atoms with Gasteiger partial charge in [-0.15, -0.1) is 0 Å². The SMILES string of the molecule is CC1c2cc[nH]c2CCN1C(=O)c1cc2ccc(Br)cn2n1. The molecule has 0 aliphatic carbocycles. The van der Waals surface area contributed by atoms with Gasteiger partial charge in [-0.05, 0) is 52.7 Å². The van der Waals surface area contributed by atoms with Crippen LogP contribution in [0.5, 0.6) is 0 Å². The third-order valence-corrected chi connectivity index (χ3v) is 4.76. The van der Waals surface area contributed by atoms with Gasteiger partial charge in [0, 0.05) is 35.5 Å². The van der Waals surface area contributed by atoms with Crippen molar-refractivity contribution in [1.29, 1.82) is 0 Å². The molecule has 0 aromatic carbocycles. The quantitative estimate of drug-likeness (QED) is 0.726. The zero-order valence-electron chi connectivity index (χ0n) is 12.1. The topological polar surface area (TPSA) is 53.4 Å². The van der Waals surface area contributed by atoms with E-state index >= 15 is 0 Å². The monoisotopic (exact) mass is 358 g/mol. The average Bonchev–Trinajstić information content (AvgIpc) is 3.12. The van der Waals surface area contributed by atoms with Crippen LogP contribution in [0.25, 0.3) is 5.52 Å². The Morgan fingerprint density at radius 3 is 3.14 bits per heavy atom. The molecular formula is C16H15BrN4O. The van der Waals surface area contributed by atoms with Gasteiger partial charge in [-0.3, -0.25) is 4.79 Å². The fourth-order valence-electron chi connectivity index (χ4n) is 3.11. The summed E-state index contributed by atoms with van der Waals surface area (Å²) in [6.45, 7) is 2.78. The summed E-state index contributed by atoms with van der Waals surface area (Å²) in [6.07, 6.45) is 4.66. The Balaban J connectivity index is 1.68. The maximum Gasteiger partial charge on any atom is 0.274 e. The molecule has 6 heteroatoms. The van der Waals surface area contributed by atoms with Crippen molar-refractivity contribution in [3.05, 3.63) is 58.1 Å². The maximum atomic E-state index is 12.8. The van der Waals surface area contributed by atoms with Gasteiger partial charge in [-0.1, -0.05) is 0 Å². The smallest absolute Gasteiger partial charge is 0.274 e. The molecule has 0 spiro atoms. The molecule has 1 aliphatic heterocycles. The van der Waals surface area contributed by atoms with Crippen molar-refractivity contribution in [2.75, 3.05) is 6.54 Å². The number of carbonyl (C=O) groups is 1. The van der Waals surface area contributed by atoms with Crippen LogP contribution in [0.1, 0.15) is 34.7 Å². The molecule has 1 unspecified atom stereocenters. The van der Waals surface area contributed by atoms with Crippen molar-refractivity contribution in [1.82, 2.24) is 19.5 Å². The van der Waals surface area contributed by atoms with Crippen LogP contribution in [0.2, 0.25) is 0 Å². The normalized spacial score (nSPS) is 17.7. The predicted octanol–water partition coefficient (Wildman–Crippen LogP) is 3.18. The summed E-state index contributed by atoms with van der Waals surface area (Å²) in [6, 6.07) is 7.85. The number of nitrogens with zero attached hydrogens (tertiary/aromatic N) is 3. The molecule has 0 bridgehead atoms. The summed E-state index contributed by atoms with van der Waals surface area (Å²) >= 11 is 3.42. The van der Waals surface area contributed by atoms with Crippen LogP contribution >= 0.6 is 15.9 Å². The van der Waals surface area contributed by atoms with E-state index in [0.717, 1.165) is 16.4 Å². The van der Waals surface area contributed by atoms with Crippen molar-refractivity contribution in [2.45, 2.75) is 19.4 Å². The Bertz CT molecular complexity index is 866. The molecule has 0 saturated carbocycles. The number of amides is 1. The average molecular weight is 359 g/mol. The summed E-state index contributed by atoms with van der Waals surface area (Å²) in [5.74, 6) is -0.0147. The van der Waals surface area contributed by atoms with E-state index in [0.29, 0.717) is 12.2 Å². The minimum Gasteiger partial charge on any atom is -0.365 e. The van der Waals surface area contributed by atoms with Crippen LogP contribution < -0.4 is 0 Å². The number of hydrogen-bond acceptors (Lipinski definition) is 2. The number of carbonyl (C=O) groups excluding carboxylic acids is 1. The number of halogens is 1. The molecule has 3 aromatic rings. The third kappa shape index (κ3) is 2.06. The van der Waals surface area contributed by atoms with E-state index in [-0.39, 0.29) is 11.9 Å². The molecular weight excluding hydrogens is 344 g/mol. The standard InChI is InChI=1S/C16H15BrN4O/c1-10-13-4-6-18-14(13)5-7-20(10)16(22)15-8-12-3-2-11(17)9-21(12)19-15/h2-4,6,8-10,18H,5,7H2,1H3. The Hall–Kier alpha value is -2.08. The predicted molar refractivity (Wildman–Crippen MR) is 86.8 cm³/mol. The van der Waals surface area contributed by atoms with Crippen molar-refractivity contribution >= 4 is 27.4 Å². The van der Waals surface area contributed by atoms with Gasteiger partial charge in [-0.2, -0.15) is 5.10 Å². The van der Waals surface area contributed by atoms with Crippen LogP contribution in [0.4, 0.5) is 0 Å². The van der Waals surface area contributed by atoms with Crippen molar-refractivity contribution in [3.63, 3.8) is 0 Å². The first-order valence-electron chi connectivity index (χ1n) is 7.25. The second-order valence-electron chi connectivity index (χ2n) is 5.58. The first-order valence-corrected chi connectivity index (χ1v) is 8.05. The number of aromatic nitrogens is 3. The second-order valence-corrected chi connectivity index (χ2v) is 6.50. The van der Waals surface area contributed by atoms with Crippen LogP contribution in [-0.4, -0.2) is 31.9 Å². The molecule has 0 fully saturated rings. The van der Waals surface area contributed by atoms with Gasteiger partial charge in [-0.25, -0.2) is 4.52 Å². The van der Waals surface area contributed by atoms with Crippen LogP contribution in [0.3, 0.4) is 0 Å². The lowest BCUT2D eigenvalue weighted by atomic mass is 10.00. The first-order chi connectivity index (χ1) is 10.6. The summed E-state index contributed by atoms with van der Waals surface area (Å²) in [5, 5.41) is 4.41. The lowest BCUT2D eigenvalue weighted by molar-refractivity contribution is 0.0670. The highest BCUT2D eigenvalue weighted by Crippen LogP contribution is 2.29. The molecule has 112 valence electrons. The van der Waals surface area contributed by atoms with E-state index in [1.807, 2.05) is 35.5 Å². The molecule has 1 aliphatic rings. The maximum absolute atomic E-state index is 12.8. The van der Waals surface area contributed by atoms with E-state index in [4.69, 9.17) is 0 Å². The van der Waals surface area contributed by atoms with Gasteiger partial charge < -0.3 is 9.88 Å². The van der Waals surface area contributed by atoms with Gasteiger partial charge in [0.05, 0.1) is 11.6 Å². The molecule has 5 nitrogen and oxygen atoms in total. The number of hydrogen-bond donors (Lipinski definition) is 1. The number of fused-ring (bicyclic) bond motifs is 2. The van der Waals surface area contributed by atoms with Crippen LogP contribution in [0, 0.1) is 0 Å². The van der Waals surface area contributed by atoms with Gasteiger partial charge in [0.1, 0.15) is 0 Å². The number of pyridine rings is 1. The highest BCUT2D eigenvalue weighted by atomic mass is 79.9. The molecule has 3 aromatic heterocycles. The summed E-state index contributed by atoms with van der Waals surface area (Å²) < 4.78 is 2.67. The highest BCUT2D eigenvalue weighted by molar-refractivity contribution is 9.10. The van der Waals surface area contributed by atoms with Gasteiger partial charge >= 0.3 is 0 Å². The molecule has 1 amide bonds. The fourth-order valence-corrected chi connectivity index (χ4v) is 3.43. The summed E-state index contributed by atoms with van der Waals surface area (Å²) in [4.78, 5) is 18.0. The highest BCUT2D eigenvalue weighted by Gasteiger charge is 2.30. The second kappa shape index (κ2) is 4.98. The van der Waals surface area contributed by atoms with Gasteiger partial charge in [0.15, 0.2) is 5.69 Å². The van der Waals surface area contributed by atoms with E-state index < -0.39 is 0 Å². The Kier molecular flexibility index (Phi) is 3.07. The first kappa shape index (κ1) is 13.6. The van der Waals surface area contributed by atoms with Crippen LogP contribution in [0.15, 0.2) is 41.1 Å². The van der Waals surface area contributed by atoms with Crippen molar-refractivity contribution in [3.8, 4) is 0 Å². The van der Waals surface area contributed by atoms with E-state index in [1.165, 1.54) is 11.3 Å². The third-order valence-electron chi connectivity index (χ3n) is 4.29. The van der Waals surface area contributed by atoms with E-state index in [1.54, 1.807) is 4.52 Å². The minimum absolute atomic E-state index is 0.0147. The minimum atomic E-state index is -0.0147. The van der Waals surface area contributed by atoms with Crippen molar-refractivity contribution in [2.24, 2.45) is 0 Å². The van der Waals surface area contributed by atoms with Gasteiger partial charge in [0.2, 0.25) is 0 Å².